The van der Waals surface area contributed by atoms with Gasteiger partial charge in [0.15, 0.2) is 5.79 Å². The number of hydrogen-bond acceptors (Lipinski definition) is 5. The summed E-state index contributed by atoms with van der Waals surface area (Å²) >= 11 is 0. The molecule has 0 aliphatic carbocycles. The number of hydrogen-bond donors (Lipinski definition) is 1. The lowest BCUT2D eigenvalue weighted by Crippen LogP contribution is -2.28. The molecule has 1 N–H and O–H groups in total. The van der Waals surface area contributed by atoms with E-state index in [9.17, 15) is 4.79 Å². The van der Waals surface area contributed by atoms with Crippen molar-refractivity contribution in [3.05, 3.63) is 0 Å². The predicted octanol–water partition coefficient (Wildman–Crippen LogP) is 1.21. The van der Waals surface area contributed by atoms with E-state index in [0.717, 1.165) is 12.8 Å². The molecule has 1 rings (SSSR count). The maximum Gasteiger partial charge on any atom is 0.431 e. The molecule has 0 radical (unpaired) electrons. The first-order chi connectivity index (χ1) is 7.66. The lowest BCUT2D eigenvalue weighted by Gasteiger charge is -2.21. The molecular formula is C10H19NO5. The van der Waals surface area contributed by atoms with Crippen LogP contribution in [0.5, 0.6) is 0 Å². The van der Waals surface area contributed by atoms with Crippen molar-refractivity contribution in [2.24, 2.45) is 0 Å². The second-order valence-corrected chi connectivity index (χ2v) is 3.61. The smallest absolute Gasteiger partial charge is 0.431 e. The van der Waals surface area contributed by atoms with Crippen molar-refractivity contribution in [2.75, 3.05) is 26.4 Å². The first-order valence-corrected chi connectivity index (χ1v) is 5.49. The summed E-state index contributed by atoms with van der Waals surface area (Å²) in [6.07, 6.45) is 0.905. The number of carbonyl (C=O) groups excluding carboxylic acids is 1. The van der Waals surface area contributed by atoms with E-state index in [1.807, 2.05) is 6.92 Å². The SMILES string of the molecule is CCOC(=O)NOCCCC1(C)OCCO1. The monoisotopic (exact) mass is 233 g/mol. The molecule has 0 bridgehead atoms. The van der Waals surface area contributed by atoms with Gasteiger partial charge in [-0.05, 0) is 20.3 Å². The van der Waals surface area contributed by atoms with Crippen molar-refractivity contribution in [3.8, 4) is 0 Å². The summed E-state index contributed by atoms with van der Waals surface area (Å²) in [6.45, 7) is 5.64. The maximum atomic E-state index is 10.8. The van der Waals surface area contributed by atoms with Crippen molar-refractivity contribution in [1.82, 2.24) is 5.48 Å². The summed E-state index contributed by atoms with van der Waals surface area (Å²) in [4.78, 5) is 15.7. The van der Waals surface area contributed by atoms with Gasteiger partial charge in [-0.3, -0.25) is 4.84 Å². The van der Waals surface area contributed by atoms with Crippen molar-refractivity contribution in [1.29, 1.82) is 0 Å². The molecule has 16 heavy (non-hydrogen) atoms. The predicted molar refractivity (Wildman–Crippen MR) is 55.7 cm³/mol. The molecule has 0 spiro atoms. The number of amides is 1. The third-order valence-electron chi connectivity index (χ3n) is 2.21. The average molecular weight is 233 g/mol. The van der Waals surface area contributed by atoms with Crippen molar-refractivity contribution >= 4 is 6.09 Å². The summed E-state index contributed by atoms with van der Waals surface area (Å²) < 4.78 is 15.5. The highest BCUT2D eigenvalue weighted by molar-refractivity contribution is 5.65. The lowest BCUT2D eigenvalue weighted by molar-refractivity contribution is -0.150. The fourth-order valence-corrected chi connectivity index (χ4v) is 1.44. The Hall–Kier alpha value is -0.850. The molecule has 0 aromatic heterocycles. The highest BCUT2D eigenvalue weighted by Crippen LogP contribution is 2.23. The van der Waals surface area contributed by atoms with E-state index in [-0.39, 0.29) is 0 Å². The van der Waals surface area contributed by atoms with Crippen LogP contribution >= 0.6 is 0 Å². The second-order valence-electron chi connectivity index (χ2n) is 3.61. The fourth-order valence-electron chi connectivity index (χ4n) is 1.44. The number of ether oxygens (including phenoxy) is 3. The average Bonchev–Trinajstić information content (AvgIpc) is 2.65. The van der Waals surface area contributed by atoms with Crippen LogP contribution in [0.4, 0.5) is 4.79 Å². The van der Waals surface area contributed by atoms with E-state index in [1.54, 1.807) is 6.92 Å². The molecule has 1 heterocycles. The molecule has 0 atom stereocenters. The molecule has 1 amide bonds. The molecular weight excluding hydrogens is 214 g/mol. The summed E-state index contributed by atoms with van der Waals surface area (Å²) in [6, 6.07) is 0. The Bertz CT molecular complexity index is 215. The molecule has 1 saturated heterocycles. The molecule has 1 aliphatic heterocycles. The van der Waals surface area contributed by atoms with Gasteiger partial charge in [0.2, 0.25) is 0 Å². The van der Waals surface area contributed by atoms with Gasteiger partial charge in [-0.15, -0.1) is 0 Å². The van der Waals surface area contributed by atoms with Gasteiger partial charge < -0.3 is 14.2 Å². The first-order valence-electron chi connectivity index (χ1n) is 5.49. The number of hydroxylamine groups is 1. The molecule has 0 aromatic carbocycles. The van der Waals surface area contributed by atoms with E-state index in [2.05, 4.69) is 10.2 Å². The Balaban J connectivity index is 1.97. The zero-order valence-corrected chi connectivity index (χ0v) is 9.78. The van der Waals surface area contributed by atoms with Gasteiger partial charge in [0.05, 0.1) is 26.4 Å². The minimum atomic E-state index is -0.568. The van der Waals surface area contributed by atoms with Crippen molar-refractivity contribution in [3.63, 3.8) is 0 Å². The molecule has 94 valence electrons. The molecule has 0 aromatic rings. The normalized spacial score (nSPS) is 18.4. The highest BCUT2D eigenvalue weighted by atomic mass is 16.7. The Morgan fingerprint density at radius 3 is 2.75 bits per heavy atom. The minimum Gasteiger partial charge on any atom is -0.448 e. The lowest BCUT2D eigenvalue weighted by atomic mass is 10.2. The minimum absolute atomic E-state index is 0.328. The van der Waals surface area contributed by atoms with E-state index in [4.69, 9.17) is 14.3 Å². The molecule has 6 nitrogen and oxygen atoms in total. The van der Waals surface area contributed by atoms with Crippen LogP contribution in [-0.2, 0) is 19.0 Å². The second kappa shape index (κ2) is 6.67. The Morgan fingerprint density at radius 1 is 1.44 bits per heavy atom. The Morgan fingerprint density at radius 2 is 2.12 bits per heavy atom. The van der Waals surface area contributed by atoms with Crippen LogP contribution in [0.1, 0.15) is 26.7 Å². The fraction of sp³-hybridized carbons (Fsp3) is 0.900. The zero-order valence-electron chi connectivity index (χ0n) is 9.78. The standard InChI is InChI=1S/C10H19NO5/c1-3-13-9(12)11-16-6-4-5-10(2)14-7-8-15-10/h3-8H2,1-2H3,(H,11,12). The summed E-state index contributed by atoms with van der Waals surface area (Å²) in [5.74, 6) is -0.493. The molecule has 1 aliphatic rings. The van der Waals surface area contributed by atoms with E-state index in [0.29, 0.717) is 26.4 Å². The van der Waals surface area contributed by atoms with Crippen LogP contribution in [0.15, 0.2) is 0 Å². The summed E-state index contributed by atoms with van der Waals surface area (Å²) in [5.41, 5.74) is 2.18. The van der Waals surface area contributed by atoms with Gasteiger partial charge in [-0.2, -0.15) is 5.48 Å². The van der Waals surface area contributed by atoms with Gasteiger partial charge in [-0.25, -0.2) is 4.79 Å². The van der Waals surface area contributed by atoms with E-state index in [1.165, 1.54) is 0 Å². The van der Waals surface area contributed by atoms with Gasteiger partial charge in [0, 0.05) is 6.42 Å². The largest absolute Gasteiger partial charge is 0.448 e. The van der Waals surface area contributed by atoms with E-state index < -0.39 is 11.9 Å². The molecule has 0 saturated carbocycles. The van der Waals surface area contributed by atoms with Crippen LogP contribution < -0.4 is 5.48 Å². The highest BCUT2D eigenvalue weighted by Gasteiger charge is 2.29. The third-order valence-corrected chi connectivity index (χ3v) is 2.21. The van der Waals surface area contributed by atoms with Gasteiger partial charge in [0.1, 0.15) is 0 Å². The van der Waals surface area contributed by atoms with Crippen LogP contribution in [0.25, 0.3) is 0 Å². The maximum absolute atomic E-state index is 10.8. The molecule has 0 unspecified atom stereocenters. The van der Waals surface area contributed by atoms with Gasteiger partial charge in [-0.1, -0.05) is 0 Å². The summed E-state index contributed by atoms with van der Waals surface area (Å²) in [7, 11) is 0. The van der Waals surface area contributed by atoms with Crippen LogP contribution in [0.2, 0.25) is 0 Å². The molecule has 6 heteroatoms. The molecule has 1 fully saturated rings. The Kier molecular flexibility index (Phi) is 5.51. The summed E-state index contributed by atoms with van der Waals surface area (Å²) in [5, 5.41) is 0. The Labute approximate surface area is 95.1 Å². The van der Waals surface area contributed by atoms with Crippen LogP contribution in [0, 0.1) is 0 Å². The van der Waals surface area contributed by atoms with E-state index >= 15 is 0 Å². The number of carbonyl (C=O) groups is 1. The van der Waals surface area contributed by atoms with Crippen molar-refractivity contribution < 1.29 is 23.8 Å². The third kappa shape index (κ3) is 4.78. The van der Waals surface area contributed by atoms with Crippen LogP contribution in [0.3, 0.4) is 0 Å². The van der Waals surface area contributed by atoms with Crippen LogP contribution in [-0.4, -0.2) is 38.3 Å². The quantitative estimate of drug-likeness (QED) is 0.551. The van der Waals surface area contributed by atoms with Crippen molar-refractivity contribution in [2.45, 2.75) is 32.5 Å². The van der Waals surface area contributed by atoms with Gasteiger partial charge >= 0.3 is 6.09 Å². The zero-order chi connectivity index (χ0) is 11.9. The number of nitrogens with one attached hydrogen (secondary N) is 1. The van der Waals surface area contributed by atoms with Gasteiger partial charge in [0.25, 0.3) is 0 Å². The first kappa shape index (κ1) is 13.2. The number of rotatable bonds is 6. The topological polar surface area (TPSA) is 66.0 Å².